The van der Waals surface area contributed by atoms with E-state index < -0.39 is 0 Å². The molecule has 2 N–H and O–H groups in total. The molecule has 2 heterocycles. The van der Waals surface area contributed by atoms with E-state index in [2.05, 4.69) is 20.6 Å². The molecule has 0 radical (unpaired) electrons. The molecular weight excluding hydrogens is 318 g/mol. The number of para-hydroxylation sites is 1. The van der Waals surface area contributed by atoms with Crippen molar-refractivity contribution in [2.24, 2.45) is 0 Å². The van der Waals surface area contributed by atoms with Crippen LogP contribution in [-0.2, 0) is 6.42 Å². The second-order valence-corrected chi connectivity index (χ2v) is 6.04. The first-order valence-electron chi connectivity index (χ1n) is 8.21. The zero-order valence-corrected chi connectivity index (χ0v) is 13.5. The third-order valence-corrected chi connectivity index (χ3v) is 4.46. The highest BCUT2D eigenvalue weighted by molar-refractivity contribution is 5.98. The third-order valence-electron chi connectivity index (χ3n) is 4.46. The molecule has 0 fully saturated rings. The van der Waals surface area contributed by atoms with Crippen LogP contribution < -0.4 is 10.9 Å². The Morgan fingerprint density at radius 2 is 2.12 bits per heavy atom. The Morgan fingerprint density at radius 3 is 2.96 bits per heavy atom. The molecule has 25 heavy (non-hydrogen) atoms. The van der Waals surface area contributed by atoms with E-state index in [-0.39, 0.29) is 17.5 Å². The number of H-pyrrole nitrogens is 1. The Bertz CT molecular complexity index is 962. The van der Waals surface area contributed by atoms with Crippen molar-refractivity contribution in [2.75, 3.05) is 0 Å². The van der Waals surface area contributed by atoms with Gasteiger partial charge in [-0.05, 0) is 43.0 Å². The lowest BCUT2D eigenvalue weighted by Crippen LogP contribution is -2.32. The molecular formula is C18H17N5O2. The monoisotopic (exact) mass is 335 g/mol. The Balaban J connectivity index is 1.64. The van der Waals surface area contributed by atoms with Crippen LogP contribution >= 0.6 is 0 Å². The quantitative estimate of drug-likeness (QED) is 0.763. The summed E-state index contributed by atoms with van der Waals surface area (Å²) in [7, 11) is 0. The van der Waals surface area contributed by atoms with Crippen molar-refractivity contribution in [3.05, 3.63) is 76.0 Å². The number of nitrogens with zero attached hydrogens (tertiary/aromatic N) is 3. The van der Waals surface area contributed by atoms with Crippen LogP contribution in [0.2, 0.25) is 0 Å². The van der Waals surface area contributed by atoms with Gasteiger partial charge in [0.2, 0.25) is 5.56 Å². The first-order chi connectivity index (χ1) is 12.2. The summed E-state index contributed by atoms with van der Waals surface area (Å²) in [6, 6.07) is 10.5. The average molecular weight is 335 g/mol. The fourth-order valence-corrected chi connectivity index (χ4v) is 3.29. The fraction of sp³-hybridized carbons (Fsp3) is 0.222. The maximum atomic E-state index is 12.9. The Labute approximate surface area is 143 Å². The lowest BCUT2D eigenvalue weighted by atomic mass is 9.91. The molecule has 1 aromatic carbocycles. The van der Waals surface area contributed by atoms with Gasteiger partial charge in [-0.25, -0.2) is 4.68 Å². The second-order valence-electron chi connectivity index (χ2n) is 6.04. The smallest absolute Gasteiger partial charge is 0.253 e. The number of carbonyl (C=O) groups excluding carboxylic acids is 1. The van der Waals surface area contributed by atoms with Crippen molar-refractivity contribution in [3.63, 3.8) is 0 Å². The van der Waals surface area contributed by atoms with Gasteiger partial charge < -0.3 is 10.3 Å². The first kappa shape index (κ1) is 15.3. The number of aromatic amines is 1. The number of fused-ring (bicyclic) bond motifs is 1. The molecule has 7 nitrogen and oxygen atoms in total. The van der Waals surface area contributed by atoms with Crippen LogP contribution in [0, 0.1) is 0 Å². The van der Waals surface area contributed by atoms with E-state index in [9.17, 15) is 9.59 Å². The van der Waals surface area contributed by atoms with E-state index in [1.54, 1.807) is 23.1 Å². The number of hydrogen-bond donors (Lipinski definition) is 2. The van der Waals surface area contributed by atoms with E-state index in [0.717, 1.165) is 30.5 Å². The molecule has 1 atom stereocenters. The number of carbonyl (C=O) groups is 1. The van der Waals surface area contributed by atoms with E-state index in [0.29, 0.717) is 11.3 Å². The Hall–Kier alpha value is -3.22. The number of pyridine rings is 1. The number of aromatic nitrogens is 4. The molecule has 0 saturated heterocycles. The maximum absolute atomic E-state index is 12.9. The average Bonchev–Trinajstić information content (AvgIpc) is 3.16. The van der Waals surface area contributed by atoms with Crippen molar-refractivity contribution in [1.82, 2.24) is 25.3 Å². The van der Waals surface area contributed by atoms with Crippen molar-refractivity contribution in [2.45, 2.75) is 25.3 Å². The normalized spacial score (nSPS) is 16.2. The van der Waals surface area contributed by atoms with Crippen molar-refractivity contribution < 1.29 is 4.79 Å². The topological polar surface area (TPSA) is 92.7 Å². The maximum Gasteiger partial charge on any atom is 0.253 e. The molecule has 0 spiro atoms. The van der Waals surface area contributed by atoms with Crippen LogP contribution in [0.4, 0.5) is 0 Å². The SMILES string of the molecule is O=C(NC1CCCc2[nH]c(=O)ccc21)c1ccccc1-n1ccnn1. The van der Waals surface area contributed by atoms with Gasteiger partial charge in [0.15, 0.2) is 0 Å². The van der Waals surface area contributed by atoms with Crippen molar-refractivity contribution >= 4 is 5.91 Å². The highest BCUT2D eigenvalue weighted by Gasteiger charge is 2.24. The summed E-state index contributed by atoms with van der Waals surface area (Å²) in [6.07, 6.45) is 5.86. The number of amides is 1. The number of rotatable bonds is 3. The van der Waals surface area contributed by atoms with Gasteiger partial charge in [-0.2, -0.15) is 0 Å². The summed E-state index contributed by atoms with van der Waals surface area (Å²) in [4.78, 5) is 27.2. The lowest BCUT2D eigenvalue weighted by Gasteiger charge is -2.26. The third kappa shape index (κ3) is 2.96. The van der Waals surface area contributed by atoms with Crippen molar-refractivity contribution in [1.29, 1.82) is 0 Å². The van der Waals surface area contributed by atoms with Gasteiger partial charge in [0.1, 0.15) is 0 Å². The molecule has 2 aromatic heterocycles. The first-order valence-corrected chi connectivity index (χ1v) is 8.21. The fourth-order valence-electron chi connectivity index (χ4n) is 3.29. The van der Waals surface area contributed by atoms with Crippen LogP contribution in [-0.4, -0.2) is 25.9 Å². The minimum atomic E-state index is -0.171. The number of nitrogens with one attached hydrogen (secondary N) is 2. The number of hydrogen-bond acceptors (Lipinski definition) is 4. The molecule has 7 heteroatoms. The zero-order valence-electron chi connectivity index (χ0n) is 13.5. The van der Waals surface area contributed by atoms with Crippen LogP contribution in [0.15, 0.2) is 53.6 Å². The standard InChI is InChI=1S/C18H17N5O2/c24-17-9-8-12-14(20-17)5-3-6-15(12)21-18(25)13-4-1-2-7-16(13)23-11-10-19-22-23/h1-2,4,7-11,15H,3,5-6H2,(H,20,24)(H,21,25). The molecule has 3 aromatic rings. The molecule has 0 aliphatic heterocycles. The zero-order chi connectivity index (χ0) is 17.2. The molecule has 0 bridgehead atoms. The molecule has 0 saturated carbocycles. The predicted octanol–water partition coefficient (Wildman–Crippen LogP) is 1.76. The molecule has 1 unspecified atom stereocenters. The van der Waals surface area contributed by atoms with Gasteiger partial charge in [-0.3, -0.25) is 9.59 Å². The van der Waals surface area contributed by atoms with E-state index in [1.165, 1.54) is 6.07 Å². The van der Waals surface area contributed by atoms with Crippen LogP contribution in [0.5, 0.6) is 0 Å². The minimum Gasteiger partial charge on any atom is -0.345 e. The van der Waals surface area contributed by atoms with E-state index in [4.69, 9.17) is 0 Å². The molecule has 1 aliphatic rings. The van der Waals surface area contributed by atoms with Gasteiger partial charge >= 0.3 is 0 Å². The molecule has 126 valence electrons. The Kier molecular flexibility index (Phi) is 3.89. The van der Waals surface area contributed by atoms with Crippen LogP contribution in [0.1, 0.15) is 40.5 Å². The van der Waals surface area contributed by atoms with E-state index in [1.807, 2.05) is 24.3 Å². The molecule has 1 amide bonds. The summed E-state index contributed by atoms with van der Waals surface area (Å²) in [6.45, 7) is 0. The summed E-state index contributed by atoms with van der Waals surface area (Å²) in [5.74, 6) is -0.171. The lowest BCUT2D eigenvalue weighted by molar-refractivity contribution is 0.0932. The highest BCUT2D eigenvalue weighted by Crippen LogP contribution is 2.28. The predicted molar refractivity (Wildman–Crippen MR) is 91.6 cm³/mol. The van der Waals surface area contributed by atoms with E-state index >= 15 is 0 Å². The van der Waals surface area contributed by atoms with Crippen LogP contribution in [0.3, 0.4) is 0 Å². The summed E-state index contributed by atoms with van der Waals surface area (Å²) < 4.78 is 1.57. The Morgan fingerprint density at radius 1 is 1.24 bits per heavy atom. The minimum absolute atomic E-state index is 0.109. The summed E-state index contributed by atoms with van der Waals surface area (Å²) in [5.41, 5.74) is 2.99. The van der Waals surface area contributed by atoms with Crippen molar-refractivity contribution in [3.8, 4) is 5.69 Å². The largest absolute Gasteiger partial charge is 0.345 e. The number of aryl methyl sites for hydroxylation is 1. The van der Waals surface area contributed by atoms with Gasteiger partial charge in [-0.15, -0.1) is 5.10 Å². The molecule has 4 rings (SSSR count). The summed E-state index contributed by atoms with van der Waals surface area (Å²) in [5, 5.41) is 10.9. The van der Waals surface area contributed by atoms with Gasteiger partial charge in [-0.1, -0.05) is 17.3 Å². The van der Waals surface area contributed by atoms with Crippen LogP contribution in [0.25, 0.3) is 5.69 Å². The molecule has 1 aliphatic carbocycles. The summed E-state index contributed by atoms with van der Waals surface area (Å²) >= 11 is 0. The highest BCUT2D eigenvalue weighted by atomic mass is 16.1. The van der Waals surface area contributed by atoms with Gasteiger partial charge in [0.25, 0.3) is 5.91 Å². The van der Waals surface area contributed by atoms with Gasteiger partial charge in [0, 0.05) is 11.8 Å². The second kappa shape index (κ2) is 6.35. The number of benzene rings is 1. The van der Waals surface area contributed by atoms with Gasteiger partial charge in [0.05, 0.1) is 29.7 Å².